The molecule has 3 amide bonds. The zero-order valence-corrected chi connectivity index (χ0v) is 20.8. The van der Waals surface area contributed by atoms with Crippen molar-refractivity contribution in [3.63, 3.8) is 0 Å². The molecule has 2 aromatic rings. The molecule has 0 radical (unpaired) electrons. The Kier molecular flexibility index (Phi) is 8.00. The van der Waals surface area contributed by atoms with Gasteiger partial charge in [0.15, 0.2) is 5.69 Å². The van der Waals surface area contributed by atoms with Gasteiger partial charge in [-0.2, -0.15) is 0 Å². The molecule has 3 heterocycles. The average molecular weight is 501 g/mol. The summed E-state index contributed by atoms with van der Waals surface area (Å²) in [6.07, 6.45) is 2.08. The SMILES string of the molecule is CCCN1C(=O)c2c(C(=O)NCCN3CCOCC3)ncn2CC1(C)C(=O)NCc1ccc(F)cc1. The molecule has 194 valence electrons. The highest BCUT2D eigenvalue weighted by Gasteiger charge is 2.48. The summed E-state index contributed by atoms with van der Waals surface area (Å²) in [5, 5.41) is 5.74. The van der Waals surface area contributed by atoms with Gasteiger partial charge in [0.05, 0.1) is 26.1 Å². The maximum atomic E-state index is 13.6. The normalized spacial score (nSPS) is 20.2. The number of amides is 3. The molecule has 0 spiro atoms. The second kappa shape index (κ2) is 11.2. The lowest BCUT2D eigenvalue weighted by Gasteiger charge is -2.43. The number of ether oxygens (including phenoxy) is 1. The Bertz CT molecular complexity index is 1100. The number of carbonyl (C=O) groups excluding carboxylic acids is 3. The molecule has 10 nitrogen and oxygen atoms in total. The zero-order valence-electron chi connectivity index (χ0n) is 20.8. The largest absolute Gasteiger partial charge is 0.379 e. The number of imidazole rings is 1. The highest BCUT2D eigenvalue weighted by atomic mass is 19.1. The van der Waals surface area contributed by atoms with E-state index >= 15 is 0 Å². The Hall–Kier alpha value is -3.31. The second-order valence-electron chi connectivity index (χ2n) is 9.32. The highest BCUT2D eigenvalue weighted by Crippen LogP contribution is 2.29. The van der Waals surface area contributed by atoms with Gasteiger partial charge in [0.2, 0.25) is 5.91 Å². The van der Waals surface area contributed by atoms with Crippen LogP contribution >= 0.6 is 0 Å². The lowest BCUT2D eigenvalue weighted by Crippen LogP contribution is -2.64. The fraction of sp³-hybridized carbons (Fsp3) is 0.520. The third-order valence-electron chi connectivity index (χ3n) is 6.69. The molecule has 1 aromatic heterocycles. The minimum Gasteiger partial charge on any atom is -0.379 e. The molecular weight excluding hydrogens is 467 g/mol. The van der Waals surface area contributed by atoms with E-state index in [-0.39, 0.29) is 36.2 Å². The van der Waals surface area contributed by atoms with Gasteiger partial charge in [0.25, 0.3) is 11.8 Å². The Morgan fingerprint density at radius 3 is 2.56 bits per heavy atom. The van der Waals surface area contributed by atoms with Crippen LogP contribution in [0.1, 0.15) is 46.8 Å². The molecule has 1 unspecified atom stereocenters. The van der Waals surface area contributed by atoms with Crippen molar-refractivity contribution in [1.82, 2.24) is 30.0 Å². The van der Waals surface area contributed by atoms with Gasteiger partial charge in [0, 0.05) is 39.3 Å². The lowest BCUT2D eigenvalue weighted by molar-refractivity contribution is -0.133. The smallest absolute Gasteiger partial charge is 0.273 e. The summed E-state index contributed by atoms with van der Waals surface area (Å²) >= 11 is 0. The van der Waals surface area contributed by atoms with Crippen LogP contribution in [0, 0.1) is 5.82 Å². The molecule has 2 N–H and O–H groups in total. The first-order chi connectivity index (χ1) is 17.3. The van der Waals surface area contributed by atoms with Crippen molar-refractivity contribution in [1.29, 1.82) is 0 Å². The molecule has 0 saturated carbocycles. The Morgan fingerprint density at radius 2 is 1.86 bits per heavy atom. The number of fused-ring (bicyclic) bond motifs is 1. The van der Waals surface area contributed by atoms with Gasteiger partial charge < -0.3 is 24.8 Å². The van der Waals surface area contributed by atoms with Crippen molar-refractivity contribution in [2.75, 3.05) is 45.9 Å². The fourth-order valence-electron chi connectivity index (χ4n) is 4.64. The summed E-state index contributed by atoms with van der Waals surface area (Å²) in [6, 6.07) is 5.88. The summed E-state index contributed by atoms with van der Waals surface area (Å²) in [5.74, 6) is -1.49. The van der Waals surface area contributed by atoms with E-state index < -0.39 is 17.4 Å². The number of aromatic nitrogens is 2. The number of hydrogen-bond acceptors (Lipinski definition) is 6. The Balaban J connectivity index is 1.46. The maximum absolute atomic E-state index is 13.6. The molecule has 0 bridgehead atoms. The highest BCUT2D eigenvalue weighted by molar-refractivity contribution is 6.07. The summed E-state index contributed by atoms with van der Waals surface area (Å²) in [4.78, 5) is 47.8. The quantitative estimate of drug-likeness (QED) is 0.532. The first kappa shape index (κ1) is 25.8. The first-order valence-corrected chi connectivity index (χ1v) is 12.3. The van der Waals surface area contributed by atoms with Crippen LogP contribution in [0.15, 0.2) is 30.6 Å². The third-order valence-corrected chi connectivity index (χ3v) is 6.69. The van der Waals surface area contributed by atoms with Crippen LogP contribution in [0.5, 0.6) is 0 Å². The fourth-order valence-corrected chi connectivity index (χ4v) is 4.64. The predicted octanol–water partition coefficient (Wildman–Crippen LogP) is 1.03. The Labute approximate surface area is 209 Å². The van der Waals surface area contributed by atoms with E-state index in [2.05, 4.69) is 20.5 Å². The van der Waals surface area contributed by atoms with Gasteiger partial charge in [-0.15, -0.1) is 0 Å². The maximum Gasteiger partial charge on any atom is 0.273 e. The van der Waals surface area contributed by atoms with Crippen LogP contribution in [0.4, 0.5) is 4.39 Å². The number of benzene rings is 1. The van der Waals surface area contributed by atoms with Crippen LogP contribution in [0.3, 0.4) is 0 Å². The van der Waals surface area contributed by atoms with Crippen molar-refractivity contribution in [3.8, 4) is 0 Å². The standard InChI is InChI=1S/C25H33FN6O4/c1-3-9-32-23(34)21-20(22(33)27-8-10-30-11-13-36-14-12-30)29-17-31(21)16-25(32,2)24(35)28-15-18-4-6-19(26)7-5-18/h4-7,17H,3,8-16H2,1-2H3,(H,27,33)(H,28,35). The molecule has 1 fully saturated rings. The molecule has 2 aliphatic rings. The number of nitrogens with one attached hydrogen (secondary N) is 2. The molecule has 11 heteroatoms. The van der Waals surface area contributed by atoms with Gasteiger partial charge in [-0.25, -0.2) is 9.37 Å². The zero-order chi connectivity index (χ0) is 25.7. The van der Waals surface area contributed by atoms with E-state index in [0.29, 0.717) is 39.3 Å². The van der Waals surface area contributed by atoms with E-state index in [4.69, 9.17) is 4.74 Å². The molecule has 36 heavy (non-hydrogen) atoms. The summed E-state index contributed by atoms with van der Waals surface area (Å²) < 4.78 is 20.1. The topological polar surface area (TPSA) is 109 Å². The van der Waals surface area contributed by atoms with Crippen molar-refractivity contribution >= 4 is 17.7 Å². The van der Waals surface area contributed by atoms with Gasteiger partial charge >= 0.3 is 0 Å². The van der Waals surface area contributed by atoms with Crippen molar-refractivity contribution in [2.45, 2.75) is 38.9 Å². The van der Waals surface area contributed by atoms with E-state index in [1.165, 1.54) is 23.4 Å². The number of rotatable bonds is 9. The number of halogens is 1. The van der Waals surface area contributed by atoms with E-state index in [1.54, 1.807) is 23.6 Å². The lowest BCUT2D eigenvalue weighted by atomic mass is 9.94. The van der Waals surface area contributed by atoms with Crippen LogP contribution < -0.4 is 10.6 Å². The number of hydrogen-bond donors (Lipinski definition) is 2. The van der Waals surface area contributed by atoms with Crippen molar-refractivity contribution in [3.05, 3.63) is 53.4 Å². The molecule has 1 atom stereocenters. The second-order valence-corrected chi connectivity index (χ2v) is 9.32. The van der Waals surface area contributed by atoms with Crippen LogP contribution in [0.25, 0.3) is 0 Å². The summed E-state index contributed by atoms with van der Waals surface area (Å²) in [6.45, 7) is 8.48. The van der Waals surface area contributed by atoms with Gasteiger partial charge in [-0.05, 0) is 31.0 Å². The van der Waals surface area contributed by atoms with Crippen molar-refractivity contribution in [2.24, 2.45) is 0 Å². The molecule has 2 aliphatic heterocycles. The first-order valence-electron chi connectivity index (χ1n) is 12.3. The van der Waals surface area contributed by atoms with E-state index in [9.17, 15) is 18.8 Å². The number of morpholine rings is 1. The minimum absolute atomic E-state index is 0.0665. The molecule has 4 rings (SSSR count). The number of carbonyl (C=O) groups is 3. The Morgan fingerprint density at radius 1 is 1.14 bits per heavy atom. The average Bonchev–Trinajstić information content (AvgIpc) is 3.30. The van der Waals surface area contributed by atoms with Gasteiger partial charge in [-0.3, -0.25) is 19.3 Å². The molecule has 1 aromatic carbocycles. The monoisotopic (exact) mass is 500 g/mol. The summed E-state index contributed by atoms with van der Waals surface area (Å²) in [5.41, 5.74) is -0.171. The molecule has 1 saturated heterocycles. The minimum atomic E-state index is -1.18. The summed E-state index contributed by atoms with van der Waals surface area (Å²) in [7, 11) is 0. The molecule has 0 aliphatic carbocycles. The van der Waals surface area contributed by atoms with Crippen molar-refractivity contribution < 1.29 is 23.5 Å². The number of nitrogens with zero attached hydrogens (tertiary/aromatic N) is 4. The van der Waals surface area contributed by atoms with Gasteiger partial charge in [-0.1, -0.05) is 19.1 Å². The van der Waals surface area contributed by atoms with Gasteiger partial charge in [0.1, 0.15) is 17.1 Å². The van der Waals surface area contributed by atoms with E-state index in [1.807, 2.05) is 6.92 Å². The molecular formula is C25H33FN6O4. The van der Waals surface area contributed by atoms with Crippen LogP contribution in [-0.2, 0) is 22.6 Å². The third kappa shape index (κ3) is 5.41. The van der Waals surface area contributed by atoms with Crippen LogP contribution in [0.2, 0.25) is 0 Å². The predicted molar refractivity (Wildman–Crippen MR) is 130 cm³/mol. The van der Waals surface area contributed by atoms with E-state index in [0.717, 1.165) is 18.7 Å². The van der Waals surface area contributed by atoms with Crippen LogP contribution in [-0.4, -0.2) is 88.5 Å².